The molecule has 2 aromatic rings. The second-order valence-corrected chi connectivity index (χ2v) is 6.57. The van der Waals surface area contributed by atoms with Crippen LogP contribution in [0.1, 0.15) is 36.7 Å². The number of esters is 1. The van der Waals surface area contributed by atoms with Crippen LogP contribution in [-0.4, -0.2) is 49.6 Å². The van der Waals surface area contributed by atoms with Gasteiger partial charge in [-0.2, -0.15) is 0 Å². The number of aryl methyl sites for hydroxylation is 1. The van der Waals surface area contributed by atoms with Crippen molar-refractivity contribution in [3.8, 4) is 5.75 Å². The lowest BCUT2D eigenvalue weighted by molar-refractivity contribution is -0.118. The molecular formula is C23H30N2O4. The summed E-state index contributed by atoms with van der Waals surface area (Å²) in [5.41, 5.74) is 2.27. The van der Waals surface area contributed by atoms with Gasteiger partial charge in [-0.1, -0.05) is 32.9 Å². The van der Waals surface area contributed by atoms with Gasteiger partial charge in [0.15, 0.2) is 6.61 Å². The lowest BCUT2D eigenvalue weighted by atomic mass is 10.2. The minimum Gasteiger partial charge on any atom is -0.484 e. The standard InChI is InChI=1S/C23H30N2O4/c1-4-18-7-13-21(14-8-18)29-17-22(26)24-20-11-9-19(10-12-20)23(27)28-16-15-25(5-2)6-3/h7-14H,4-6,15-17H2,1-3H3,(H,24,26). The van der Waals surface area contributed by atoms with Crippen molar-refractivity contribution in [2.24, 2.45) is 0 Å². The van der Waals surface area contributed by atoms with Crippen molar-refractivity contribution in [3.63, 3.8) is 0 Å². The Hall–Kier alpha value is -2.86. The van der Waals surface area contributed by atoms with Crippen LogP contribution in [0, 0.1) is 0 Å². The molecule has 0 aliphatic heterocycles. The third kappa shape index (κ3) is 7.58. The van der Waals surface area contributed by atoms with Gasteiger partial charge in [0, 0.05) is 12.2 Å². The molecule has 6 heteroatoms. The van der Waals surface area contributed by atoms with Crippen molar-refractivity contribution in [2.45, 2.75) is 27.2 Å². The molecule has 2 aromatic carbocycles. The Morgan fingerprint density at radius 3 is 2.17 bits per heavy atom. The second-order valence-electron chi connectivity index (χ2n) is 6.57. The van der Waals surface area contributed by atoms with Crippen molar-refractivity contribution in [2.75, 3.05) is 38.2 Å². The Bertz CT molecular complexity index is 768. The number of carbonyl (C=O) groups excluding carboxylic acids is 2. The van der Waals surface area contributed by atoms with Crippen LogP contribution in [0.25, 0.3) is 0 Å². The van der Waals surface area contributed by atoms with E-state index in [-0.39, 0.29) is 18.5 Å². The topological polar surface area (TPSA) is 67.9 Å². The van der Waals surface area contributed by atoms with E-state index in [4.69, 9.17) is 9.47 Å². The van der Waals surface area contributed by atoms with Gasteiger partial charge in [-0.05, 0) is 61.5 Å². The maximum Gasteiger partial charge on any atom is 0.338 e. The van der Waals surface area contributed by atoms with Gasteiger partial charge in [0.2, 0.25) is 0 Å². The van der Waals surface area contributed by atoms with E-state index in [2.05, 4.69) is 31.0 Å². The van der Waals surface area contributed by atoms with Gasteiger partial charge in [0.1, 0.15) is 12.4 Å². The molecule has 0 bridgehead atoms. The minimum atomic E-state index is -0.367. The lowest BCUT2D eigenvalue weighted by Gasteiger charge is -2.17. The van der Waals surface area contributed by atoms with Crippen LogP contribution in [0.5, 0.6) is 5.75 Å². The smallest absolute Gasteiger partial charge is 0.338 e. The summed E-state index contributed by atoms with van der Waals surface area (Å²) in [6, 6.07) is 14.3. The largest absolute Gasteiger partial charge is 0.484 e. The molecule has 0 aliphatic rings. The zero-order chi connectivity index (χ0) is 21.1. The normalized spacial score (nSPS) is 10.6. The van der Waals surface area contributed by atoms with E-state index in [1.54, 1.807) is 24.3 Å². The van der Waals surface area contributed by atoms with Crippen LogP contribution in [0.4, 0.5) is 5.69 Å². The quantitative estimate of drug-likeness (QED) is 0.584. The molecule has 0 spiro atoms. The molecule has 6 nitrogen and oxygen atoms in total. The average molecular weight is 399 g/mol. The highest BCUT2D eigenvalue weighted by atomic mass is 16.5. The number of ether oxygens (including phenoxy) is 2. The number of rotatable bonds is 11. The fourth-order valence-electron chi connectivity index (χ4n) is 2.75. The van der Waals surface area contributed by atoms with Gasteiger partial charge in [-0.15, -0.1) is 0 Å². The maximum absolute atomic E-state index is 12.1. The Morgan fingerprint density at radius 1 is 0.931 bits per heavy atom. The fourth-order valence-corrected chi connectivity index (χ4v) is 2.75. The molecule has 156 valence electrons. The van der Waals surface area contributed by atoms with Gasteiger partial charge < -0.3 is 19.7 Å². The first kappa shape index (κ1) is 22.4. The van der Waals surface area contributed by atoms with E-state index in [1.807, 2.05) is 24.3 Å². The van der Waals surface area contributed by atoms with Gasteiger partial charge in [-0.25, -0.2) is 4.79 Å². The van der Waals surface area contributed by atoms with Gasteiger partial charge >= 0.3 is 5.97 Å². The van der Waals surface area contributed by atoms with Crippen LogP contribution in [0.15, 0.2) is 48.5 Å². The summed E-state index contributed by atoms with van der Waals surface area (Å²) in [5.74, 6) is 0.0214. The minimum absolute atomic E-state index is 0.0827. The Labute approximate surface area is 172 Å². The maximum atomic E-state index is 12.1. The number of benzene rings is 2. The summed E-state index contributed by atoms with van der Waals surface area (Å²) in [4.78, 5) is 26.3. The molecule has 2 rings (SSSR count). The molecule has 29 heavy (non-hydrogen) atoms. The van der Waals surface area contributed by atoms with E-state index >= 15 is 0 Å². The third-order valence-corrected chi connectivity index (χ3v) is 4.64. The van der Waals surface area contributed by atoms with E-state index in [1.165, 1.54) is 5.56 Å². The molecule has 0 saturated heterocycles. The molecular weight excluding hydrogens is 368 g/mol. The van der Waals surface area contributed by atoms with Crippen molar-refractivity contribution < 1.29 is 19.1 Å². The van der Waals surface area contributed by atoms with Crippen LogP contribution in [0.3, 0.4) is 0 Å². The number of likely N-dealkylation sites (N-methyl/N-ethyl adjacent to an activating group) is 1. The third-order valence-electron chi connectivity index (χ3n) is 4.64. The molecule has 1 N–H and O–H groups in total. The Kier molecular flexibility index (Phi) is 9.18. The van der Waals surface area contributed by atoms with Crippen LogP contribution in [-0.2, 0) is 16.0 Å². The number of hydrogen-bond donors (Lipinski definition) is 1. The molecule has 0 unspecified atom stereocenters. The second kappa shape index (κ2) is 11.9. The molecule has 0 aromatic heterocycles. The first-order valence-electron chi connectivity index (χ1n) is 10.1. The highest BCUT2D eigenvalue weighted by Gasteiger charge is 2.09. The average Bonchev–Trinajstić information content (AvgIpc) is 2.76. The van der Waals surface area contributed by atoms with Gasteiger partial charge in [0.25, 0.3) is 5.91 Å². The summed E-state index contributed by atoms with van der Waals surface area (Å²) < 4.78 is 10.8. The van der Waals surface area contributed by atoms with Crippen LogP contribution < -0.4 is 10.1 Å². The number of carbonyl (C=O) groups is 2. The van der Waals surface area contributed by atoms with Gasteiger partial charge in [-0.3, -0.25) is 4.79 Å². The highest BCUT2D eigenvalue weighted by Crippen LogP contribution is 2.13. The number of nitrogens with zero attached hydrogens (tertiary/aromatic N) is 1. The predicted octanol–water partition coefficient (Wildman–Crippen LogP) is 3.77. The lowest BCUT2D eigenvalue weighted by Crippen LogP contribution is -2.27. The first-order valence-corrected chi connectivity index (χ1v) is 10.1. The number of hydrogen-bond acceptors (Lipinski definition) is 5. The van der Waals surface area contributed by atoms with E-state index in [0.29, 0.717) is 30.2 Å². The molecule has 0 fully saturated rings. The number of anilines is 1. The first-order chi connectivity index (χ1) is 14.0. The Morgan fingerprint density at radius 2 is 1.59 bits per heavy atom. The summed E-state index contributed by atoms with van der Waals surface area (Å²) in [7, 11) is 0. The zero-order valence-electron chi connectivity index (χ0n) is 17.4. The van der Waals surface area contributed by atoms with Crippen molar-refractivity contribution in [1.29, 1.82) is 0 Å². The molecule has 1 amide bonds. The van der Waals surface area contributed by atoms with Crippen molar-refractivity contribution in [3.05, 3.63) is 59.7 Å². The van der Waals surface area contributed by atoms with E-state index in [9.17, 15) is 9.59 Å². The van der Waals surface area contributed by atoms with Crippen molar-refractivity contribution in [1.82, 2.24) is 4.90 Å². The Balaban J connectivity index is 1.77. The van der Waals surface area contributed by atoms with E-state index in [0.717, 1.165) is 19.5 Å². The highest BCUT2D eigenvalue weighted by molar-refractivity contribution is 5.93. The monoisotopic (exact) mass is 398 g/mol. The zero-order valence-corrected chi connectivity index (χ0v) is 17.4. The number of amides is 1. The van der Waals surface area contributed by atoms with Crippen molar-refractivity contribution >= 4 is 17.6 Å². The molecule has 0 saturated carbocycles. The number of nitrogens with one attached hydrogen (secondary N) is 1. The van der Waals surface area contributed by atoms with Crippen LogP contribution >= 0.6 is 0 Å². The fraction of sp³-hybridized carbons (Fsp3) is 0.391. The molecule has 0 atom stereocenters. The summed E-state index contributed by atoms with van der Waals surface area (Å²) >= 11 is 0. The summed E-state index contributed by atoms with van der Waals surface area (Å²) in [5, 5.41) is 2.75. The SMILES string of the molecule is CCc1ccc(OCC(=O)Nc2ccc(C(=O)OCCN(CC)CC)cc2)cc1. The van der Waals surface area contributed by atoms with Gasteiger partial charge in [0.05, 0.1) is 5.56 Å². The van der Waals surface area contributed by atoms with Crippen LogP contribution in [0.2, 0.25) is 0 Å². The molecule has 0 heterocycles. The molecule has 0 aliphatic carbocycles. The van der Waals surface area contributed by atoms with E-state index < -0.39 is 0 Å². The predicted molar refractivity (Wildman–Crippen MR) is 114 cm³/mol. The molecule has 0 radical (unpaired) electrons. The summed E-state index contributed by atoms with van der Waals surface area (Å²) in [6.45, 7) is 9.08. The summed E-state index contributed by atoms with van der Waals surface area (Å²) in [6.07, 6.45) is 0.959.